The van der Waals surface area contributed by atoms with Crippen molar-refractivity contribution in [1.29, 1.82) is 0 Å². The second-order valence-electron chi connectivity index (χ2n) is 3.79. The maximum Gasteiger partial charge on any atom is 0.0628 e. The maximum absolute atomic E-state index is 9.01. The van der Waals surface area contributed by atoms with Crippen molar-refractivity contribution >= 4 is 0 Å². The van der Waals surface area contributed by atoms with Gasteiger partial charge in [0.25, 0.3) is 0 Å². The lowest BCUT2D eigenvalue weighted by Crippen LogP contribution is -2.37. The van der Waals surface area contributed by atoms with Crippen LogP contribution < -0.4 is 0 Å². The smallest absolute Gasteiger partial charge is 0.0628 e. The summed E-state index contributed by atoms with van der Waals surface area (Å²) < 4.78 is 5.76. The third-order valence-electron chi connectivity index (χ3n) is 2.76. The minimum Gasteiger partial charge on any atom is -0.393 e. The summed E-state index contributed by atoms with van der Waals surface area (Å²) in [6.07, 6.45) is 7.73. The van der Waals surface area contributed by atoms with Gasteiger partial charge >= 0.3 is 0 Å². The van der Waals surface area contributed by atoms with E-state index in [0.717, 1.165) is 12.8 Å². The van der Waals surface area contributed by atoms with Crippen LogP contribution in [0.25, 0.3) is 0 Å². The molecule has 2 nitrogen and oxygen atoms in total. The van der Waals surface area contributed by atoms with Gasteiger partial charge in [-0.1, -0.05) is 12.8 Å². The molecule has 2 heteroatoms. The molecule has 0 amide bonds. The molecule has 0 bridgehead atoms. The number of ether oxygens (including phenoxy) is 1. The molecule has 0 unspecified atom stereocenters. The number of hydrogen-bond acceptors (Lipinski definition) is 2. The van der Waals surface area contributed by atoms with Gasteiger partial charge in [0.15, 0.2) is 0 Å². The molecule has 2 rings (SSSR count). The Morgan fingerprint density at radius 3 is 2.18 bits per heavy atom. The third-order valence-corrected chi connectivity index (χ3v) is 2.76. The van der Waals surface area contributed by atoms with Crippen molar-refractivity contribution < 1.29 is 9.84 Å². The predicted octanol–water partition coefficient (Wildman–Crippen LogP) is 1.47. The summed E-state index contributed by atoms with van der Waals surface area (Å²) in [4.78, 5) is 0. The van der Waals surface area contributed by atoms with Crippen molar-refractivity contribution in [3.05, 3.63) is 0 Å². The van der Waals surface area contributed by atoms with E-state index in [1.54, 1.807) is 0 Å². The van der Waals surface area contributed by atoms with Crippen LogP contribution in [0.1, 0.15) is 38.5 Å². The van der Waals surface area contributed by atoms with Crippen molar-refractivity contribution in [2.24, 2.45) is 0 Å². The van der Waals surface area contributed by atoms with E-state index in [-0.39, 0.29) is 6.10 Å². The standard InChI is InChI=1S/C9H16O2/c10-7-5-9(6-7)11-8-3-1-2-4-8/h7-10H,1-6H2. The topological polar surface area (TPSA) is 29.5 Å². The Hall–Kier alpha value is -0.0800. The van der Waals surface area contributed by atoms with Gasteiger partial charge in [0, 0.05) is 0 Å². The Balaban J connectivity index is 1.66. The minimum atomic E-state index is -0.0681. The highest BCUT2D eigenvalue weighted by Crippen LogP contribution is 2.29. The van der Waals surface area contributed by atoms with E-state index in [4.69, 9.17) is 9.84 Å². The Bertz CT molecular complexity index is 124. The van der Waals surface area contributed by atoms with E-state index in [0.29, 0.717) is 12.2 Å². The SMILES string of the molecule is OC1CC(OC2CCCC2)C1. The molecule has 0 heterocycles. The van der Waals surface area contributed by atoms with Crippen LogP contribution in [0.4, 0.5) is 0 Å². The number of aliphatic hydroxyl groups is 1. The second kappa shape index (κ2) is 3.11. The highest BCUT2D eigenvalue weighted by molar-refractivity contribution is 4.81. The summed E-state index contributed by atoms with van der Waals surface area (Å²) in [5, 5.41) is 9.01. The molecule has 2 fully saturated rings. The molecule has 0 aromatic carbocycles. The molecule has 0 saturated heterocycles. The Kier molecular flexibility index (Phi) is 2.14. The minimum absolute atomic E-state index is 0.0681. The molecule has 0 spiro atoms. The van der Waals surface area contributed by atoms with Gasteiger partial charge in [-0.05, 0) is 25.7 Å². The summed E-state index contributed by atoms with van der Waals surface area (Å²) in [6.45, 7) is 0. The molecule has 2 aliphatic rings. The highest BCUT2D eigenvalue weighted by atomic mass is 16.5. The molecular formula is C9H16O2. The first kappa shape index (κ1) is 7.56. The van der Waals surface area contributed by atoms with E-state index in [1.807, 2.05) is 0 Å². The van der Waals surface area contributed by atoms with Gasteiger partial charge in [0.05, 0.1) is 18.3 Å². The largest absolute Gasteiger partial charge is 0.393 e. The van der Waals surface area contributed by atoms with Crippen LogP contribution in [0.5, 0.6) is 0 Å². The van der Waals surface area contributed by atoms with E-state index in [2.05, 4.69) is 0 Å². The van der Waals surface area contributed by atoms with Gasteiger partial charge < -0.3 is 9.84 Å². The molecular weight excluding hydrogens is 140 g/mol. The fraction of sp³-hybridized carbons (Fsp3) is 1.00. The summed E-state index contributed by atoms with van der Waals surface area (Å²) in [5.74, 6) is 0. The Morgan fingerprint density at radius 1 is 1.00 bits per heavy atom. The molecule has 64 valence electrons. The van der Waals surface area contributed by atoms with Crippen LogP contribution in [0.2, 0.25) is 0 Å². The molecule has 0 aromatic rings. The zero-order chi connectivity index (χ0) is 7.68. The maximum atomic E-state index is 9.01. The average Bonchev–Trinajstić information content (AvgIpc) is 2.36. The normalized spacial score (nSPS) is 39.0. The Labute approximate surface area is 67.6 Å². The summed E-state index contributed by atoms with van der Waals surface area (Å²) >= 11 is 0. The zero-order valence-electron chi connectivity index (χ0n) is 6.83. The third kappa shape index (κ3) is 1.74. The van der Waals surface area contributed by atoms with Crippen molar-refractivity contribution in [2.45, 2.75) is 56.8 Å². The van der Waals surface area contributed by atoms with E-state index in [1.165, 1.54) is 25.7 Å². The van der Waals surface area contributed by atoms with E-state index in [9.17, 15) is 0 Å². The molecule has 0 atom stereocenters. The van der Waals surface area contributed by atoms with Gasteiger partial charge in [0.1, 0.15) is 0 Å². The van der Waals surface area contributed by atoms with Crippen LogP contribution in [-0.2, 0) is 4.74 Å². The highest BCUT2D eigenvalue weighted by Gasteiger charge is 2.30. The van der Waals surface area contributed by atoms with Crippen LogP contribution >= 0.6 is 0 Å². The molecule has 0 aromatic heterocycles. The predicted molar refractivity (Wildman–Crippen MR) is 42.4 cm³/mol. The molecule has 2 saturated carbocycles. The molecule has 0 aliphatic heterocycles. The summed E-state index contributed by atoms with van der Waals surface area (Å²) in [7, 11) is 0. The zero-order valence-corrected chi connectivity index (χ0v) is 6.83. The van der Waals surface area contributed by atoms with Gasteiger partial charge in [-0.3, -0.25) is 0 Å². The lowest BCUT2D eigenvalue weighted by molar-refractivity contribution is -0.101. The first-order valence-corrected chi connectivity index (χ1v) is 4.68. The fourth-order valence-electron chi connectivity index (χ4n) is 1.95. The summed E-state index contributed by atoms with van der Waals surface area (Å²) in [5.41, 5.74) is 0. The molecule has 2 aliphatic carbocycles. The quantitative estimate of drug-likeness (QED) is 0.656. The molecule has 11 heavy (non-hydrogen) atoms. The van der Waals surface area contributed by atoms with Crippen molar-refractivity contribution in [3.8, 4) is 0 Å². The monoisotopic (exact) mass is 156 g/mol. The van der Waals surface area contributed by atoms with Crippen molar-refractivity contribution in [2.75, 3.05) is 0 Å². The number of aliphatic hydroxyl groups excluding tert-OH is 1. The Morgan fingerprint density at radius 2 is 1.64 bits per heavy atom. The van der Waals surface area contributed by atoms with E-state index < -0.39 is 0 Å². The number of hydrogen-bond donors (Lipinski definition) is 1. The fourth-order valence-corrected chi connectivity index (χ4v) is 1.95. The first-order chi connectivity index (χ1) is 5.34. The van der Waals surface area contributed by atoms with E-state index >= 15 is 0 Å². The molecule has 0 radical (unpaired) electrons. The van der Waals surface area contributed by atoms with Crippen LogP contribution in [0.15, 0.2) is 0 Å². The van der Waals surface area contributed by atoms with Crippen molar-refractivity contribution in [3.63, 3.8) is 0 Å². The first-order valence-electron chi connectivity index (χ1n) is 4.68. The van der Waals surface area contributed by atoms with Crippen molar-refractivity contribution in [1.82, 2.24) is 0 Å². The number of rotatable bonds is 2. The van der Waals surface area contributed by atoms with Gasteiger partial charge in [-0.25, -0.2) is 0 Å². The van der Waals surface area contributed by atoms with Gasteiger partial charge in [-0.15, -0.1) is 0 Å². The van der Waals surface area contributed by atoms with Gasteiger partial charge in [0.2, 0.25) is 0 Å². The van der Waals surface area contributed by atoms with Crippen LogP contribution in [0.3, 0.4) is 0 Å². The summed E-state index contributed by atoms with van der Waals surface area (Å²) in [6, 6.07) is 0. The lowest BCUT2D eigenvalue weighted by Gasteiger charge is -2.33. The second-order valence-corrected chi connectivity index (χ2v) is 3.79. The average molecular weight is 156 g/mol. The van der Waals surface area contributed by atoms with Crippen LogP contribution in [0, 0.1) is 0 Å². The van der Waals surface area contributed by atoms with Crippen LogP contribution in [-0.4, -0.2) is 23.4 Å². The lowest BCUT2D eigenvalue weighted by atomic mass is 9.92. The molecule has 1 N–H and O–H groups in total. The van der Waals surface area contributed by atoms with Gasteiger partial charge in [-0.2, -0.15) is 0 Å².